The Morgan fingerprint density at radius 3 is 2.41 bits per heavy atom. The van der Waals surface area contributed by atoms with Gasteiger partial charge in [-0.25, -0.2) is 0 Å². The summed E-state index contributed by atoms with van der Waals surface area (Å²) in [5.74, 6) is 0.521. The van der Waals surface area contributed by atoms with Gasteiger partial charge in [0, 0.05) is 28.3 Å². The van der Waals surface area contributed by atoms with Gasteiger partial charge in [-0.15, -0.1) is 0 Å². The molecule has 34 heavy (non-hydrogen) atoms. The smallest absolute Gasteiger partial charge is 0.212 e. The van der Waals surface area contributed by atoms with Crippen LogP contribution in [0.5, 0.6) is 5.75 Å². The summed E-state index contributed by atoms with van der Waals surface area (Å²) in [5, 5.41) is 4.49. The van der Waals surface area contributed by atoms with Crippen LogP contribution >= 0.6 is 0 Å². The van der Waals surface area contributed by atoms with Gasteiger partial charge in [-0.3, -0.25) is 15.0 Å². The Hall–Kier alpha value is -4.06. The van der Waals surface area contributed by atoms with Crippen LogP contribution in [0.4, 0.5) is 11.4 Å². The molecule has 0 bridgehead atoms. The van der Waals surface area contributed by atoms with E-state index in [0.29, 0.717) is 34.5 Å². The number of hydrazone groups is 1. The molecule has 170 valence electrons. The number of carbonyl (C=O) groups excluding carboxylic acids is 2. The number of nitrogens with zero attached hydrogens (tertiary/aromatic N) is 2. The fraction of sp³-hybridized carbons (Fsp3) is 0.214. The van der Waals surface area contributed by atoms with Crippen molar-refractivity contribution in [2.24, 2.45) is 5.10 Å². The normalized spacial score (nSPS) is 15.9. The molecule has 3 aromatic carbocycles. The zero-order chi connectivity index (χ0) is 24.0. The molecule has 0 saturated heterocycles. The van der Waals surface area contributed by atoms with Gasteiger partial charge in [0.05, 0.1) is 23.3 Å². The lowest BCUT2D eigenvalue weighted by atomic mass is 9.82. The maximum Gasteiger partial charge on any atom is 0.212 e. The number of hydrogen-bond donors (Lipinski definition) is 1. The van der Waals surface area contributed by atoms with E-state index >= 15 is 0 Å². The van der Waals surface area contributed by atoms with Crippen LogP contribution in [0, 0.1) is 0 Å². The van der Waals surface area contributed by atoms with Crippen molar-refractivity contribution in [2.75, 3.05) is 19.1 Å². The Bertz CT molecular complexity index is 1420. The molecule has 6 nitrogen and oxygen atoms in total. The van der Waals surface area contributed by atoms with Crippen molar-refractivity contribution in [1.29, 1.82) is 0 Å². The van der Waals surface area contributed by atoms with Gasteiger partial charge in [-0.1, -0.05) is 36.4 Å². The van der Waals surface area contributed by atoms with E-state index in [9.17, 15) is 9.59 Å². The molecule has 0 spiro atoms. The van der Waals surface area contributed by atoms with E-state index in [4.69, 9.17) is 4.74 Å². The lowest BCUT2D eigenvalue weighted by Gasteiger charge is -2.19. The molecule has 1 aliphatic heterocycles. The lowest BCUT2D eigenvalue weighted by molar-refractivity contribution is -0.400. The maximum atomic E-state index is 13.2. The number of rotatable bonds is 5. The number of carbonyl (C=O) groups is 2. The van der Waals surface area contributed by atoms with Crippen molar-refractivity contribution in [1.82, 2.24) is 0 Å². The molecule has 0 aromatic heterocycles. The number of ether oxygens (including phenoxy) is 1. The van der Waals surface area contributed by atoms with Crippen molar-refractivity contribution in [3.05, 3.63) is 88.5 Å². The summed E-state index contributed by atoms with van der Waals surface area (Å²) in [6.07, 6.45) is 1.78. The highest BCUT2D eigenvalue weighted by molar-refractivity contribution is 6.34. The molecule has 1 N–H and O–H groups in total. The van der Waals surface area contributed by atoms with Gasteiger partial charge < -0.3 is 4.74 Å². The molecule has 3 aromatic rings. The Labute approximate surface area is 198 Å². The topological polar surface area (TPSA) is 70.8 Å². The molecule has 1 heterocycles. The minimum Gasteiger partial charge on any atom is -0.494 e. The molecule has 0 radical (unpaired) electrons. The third-order valence-electron chi connectivity index (χ3n) is 6.64. The monoisotopic (exact) mass is 452 g/mol. The van der Waals surface area contributed by atoms with Crippen molar-refractivity contribution in [3.63, 3.8) is 0 Å². The largest absolute Gasteiger partial charge is 0.494 e. The zero-order valence-electron chi connectivity index (χ0n) is 19.7. The highest BCUT2D eigenvalue weighted by Gasteiger charge is 2.44. The van der Waals surface area contributed by atoms with Gasteiger partial charge in [-0.2, -0.15) is 9.68 Å². The van der Waals surface area contributed by atoms with Gasteiger partial charge in [0.2, 0.25) is 11.4 Å². The first-order valence-electron chi connectivity index (χ1n) is 11.3. The summed E-state index contributed by atoms with van der Waals surface area (Å²) >= 11 is 0. The predicted octanol–water partition coefficient (Wildman–Crippen LogP) is 4.96. The fourth-order valence-corrected chi connectivity index (χ4v) is 4.90. The second-order valence-electron chi connectivity index (χ2n) is 8.98. The van der Waals surface area contributed by atoms with E-state index in [1.54, 1.807) is 48.7 Å². The molecule has 1 aliphatic carbocycles. The van der Waals surface area contributed by atoms with E-state index in [1.165, 1.54) is 0 Å². The maximum absolute atomic E-state index is 13.2. The first-order chi connectivity index (χ1) is 16.3. The molecular formula is C28H26N3O3+. The molecule has 0 unspecified atom stereocenters. The van der Waals surface area contributed by atoms with Crippen LogP contribution < -0.4 is 10.2 Å². The van der Waals surface area contributed by atoms with E-state index in [1.807, 2.05) is 20.0 Å². The summed E-state index contributed by atoms with van der Waals surface area (Å²) in [6.45, 7) is 6.88. The van der Waals surface area contributed by atoms with E-state index < -0.39 is 0 Å². The average Bonchev–Trinajstić information content (AvgIpc) is 3.02. The van der Waals surface area contributed by atoms with Crippen LogP contribution in [0.25, 0.3) is 0 Å². The summed E-state index contributed by atoms with van der Waals surface area (Å²) in [6, 6.07) is 18.3. The van der Waals surface area contributed by atoms with Crippen molar-refractivity contribution in [3.8, 4) is 5.75 Å². The number of benzene rings is 3. The SMILES string of the molecule is CCOc1ccc2c(c1)C(C)(C)C(/C=N/Nc1cccc3c1C(=O)c1ccccc1C3=O)=[N+]2C. The average molecular weight is 453 g/mol. The third-order valence-corrected chi connectivity index (χ3v) is 6.64. The Balaban J connectivity index is 1.46. The Morgan fingerprint density at radius 1 is 0.971 bits per heavy atom. The third kappa shape index (κ3) is 3.25. The van der Waals surface area contributed by atoms with Crippen LogP contribution in [0.2, 0.25) is 0 Å². The summed E-state index contributed by atoms with van der Waals surface area (Å²) < 4.78 is 7.81. The predicted molar refractivity (Wildman–Crippen MR) is 133 cm³/mol. The quantitative estimate of drug-likeness (QED) is 0.264. The highest BCUT2D eigenvalue weighted by Crippen LogP contribution is 2.40. The number of nitrogens with one attached hydrogen (secondary N) is 1. The number of ketones is 2. The van der Waals surface area contributed by atoms with Crippen LogP contribution in [-0.2, 0) is 5.41 Å². The van der Waals surface area contributed by atoms with E-state index in [-0.39, 0.29) is 17.0 Å². The molecule has 0 amide bonds. The van der Waals surface area contributed by atoms with Gasteiger partial charge in [0.25, 0.3) is 0 Å². The lowest BCUT2D eigenvalue weighted by Crippen LogP contribution is -2.30. The van der Waals surface area contributed by atoms with Crippen molar-refractivity contribution >= 4 is 34.9 Å². The second kappa shape index (κ2) is 8.06. The van der Waals surface area contributed by atoms with Gasteiger partial charge in [-0.05, 0) is 39.0 Å². The first-order valence-corrected chi connectivity index (χ1v) is 11.3. The van der Waals surface area contributed by atoms with Crippen LogP contribution in [0.15, 0.2) is 65.8 Å². The van der Waals surface area contributed by atoms with E-state index in [0.717, 1.165) is 22.7 Å². The molecule has 2 aliphatic rings. The number of fused-ring (bicyclic) bond motifs is 3. The first kappa shape index (κ1) is 21.8. The molecule has 6 heteroatoms. The van der Waals surface area contributed by atoms with Gasteiger partial charge in [0.15, 0.2) is 11.6 Å². The Morgan fingerprint density at radius 2 is 1.68 bits per heavy atom. The Kier molecular flexibility index (Phi) is 5.16. The minimum absolute atomic E-state index is 0.149. The minimum atomic E-state index is -0.288. The summed E-state index contributed by atoms with van der Waals surface area (Å²) in [5.41, 5.74) is 8.12. The molecule has 0 fully saturated rings. The number of hydrogen-bond acceptors (Lipinski definition) is 5. The van der Waals surface area contributed by atoms with Crippen molar-refractivity contribution in [2.45, 2.75) is 26.2 Å². The highest BCUT2D eigenvalue weighted by atomic mass is 16.5. The van der Waals surface area contributed by atoms with Crippen LogP contribution in [0.1, 0.15) is 58.2 Å². The standard InChI is InChI=1S/C28H25N3O3/c1-5-34-17-13-14-23-21(15-17)28(2,3)24(31(23)4)16-29-30-22-12-8-11-20-25(22)27(33)19-10-7-6-9-18(19)26(20)32/h6-16H,5H2,1-4H3/p+1. The van der Waals surface area contributed by atoms with Crippen LogP contribution in [0.3, 0.4) is 0 Å². The summed E-state index contributed by atoms with van der Waals surface area (Å²) in [4.78, 5) is 26.2. The number of anilines is 1. The van der Waals surface area contributed by atoms with Gasteiger partial charge >= 0.3 is 0 Å². The van der Waals surface area contributed by atoms with Crippen molar-refractivity contribution < 1.29 is 18.9 Å². The summed E-state index contributed by atoms with van der Waals surface area (Å²) in [7, 11) is 2.01. The fourth-order valence-electron chi connectivity index (χ4n) is 4.90. The van der Waals surface area contributed by atoms with Crippen LogP contribution in [-0.4, -0.2) is 41.7 Å². The second-order valence-corrected chi connectivity index (χ2v) is 8.98. The molecule has 0 atom stereocenters. The van der Waals surface area contributed by atoms with Gasteiger partial charge in [0.1, 0.15) is 19.0 Å². The zero-order valence-corrected chi connectivity index (χ0v) is 19.7. The molecular weight excluding hydrogens is 426 g/mol. The molecule has 5 rings (SSSR count). The van der Waals surface area contributed by atoms with E-state index in [2.05, 4.69) is 41.1 Å². The molecule has 0 saturated carbocycles.